The number of rotatable bonds is 6. The van der Waals surface area contributed by atoms with Crippen LogP contribution in [0.3, 0.4) is 0 Å². The Labute approximate surface area is 146 Å². The van der Waals surface area contributed by atoms with Gasteiger partial charge in [0.05, 0.1) is 5.69 Å². The van der Waals surface area contributed by atoms with Crippen molar-refractivity contribution >= 4 is 16.9 Å². The number of nitrogens with one attached hydrogen (secondary N) is 1. The molecule has 25 heavy (non-hydrogen) atoms. The number of aryl methyl sites for hydroxylation is 1. The molecule has 5 heteroatoms. The second kappa shape index (κ2) is 7.13. The van der Waals surface area contributed by atoms with Crippen molar-refractivity contribution < 1.29 is 0 Å². The fraction of sp³-hybridized carbons (Fsp3) is 0.150. The number of benzene rings is 1. The van der Waals surface area contributed by atoms with Crippen molar-refractivity contribution in [2.24, 2.45) is 0 Å². The highest BCUT2D eigenvalue weighted by Crippen LogP contribution is 2.17. The highest BCUT2D eigenvalue weighted by molar-refractivity contribution is 5.79. The average Bonchev–Trinajstić information content (AvgIpc) is 3.09. The Hall–Kier alpha value is -3.21. The second-order valence-electron chi connectivity index (χ2n) is 5.85. The molecule has 0 aliphatic rings. The molecule has 1 N–H and O–H groups in total. The van der Waals surface area contributed by atoms with Crippen LogP contribution in [0.15, 0.2) is 73.3 Å². The van der Waals surface area contributed by atoms with Gasteiger partial charge in [-0.3, -0.25) is 4.98 Å². The predicted octanol–water partition coefficient (Wildman–Crippen LogP) is 4.00. The molecule has 0 radical (unpaired) electrons. The van der Waals surface area contributed by atoms with Crippen LogP contribution in [0.25, 0.3) is 22.2 Å². The van der Waals surface area contributed by atoms with E-state index >= 15 is 0 Å². The average molecular weight is 329 g/mol. The van der Waals surface area contributed by atoms with E-state index in [1.807, 2.05) is 18.2 Å². The van der Waals surface area contributed by atoms with Crippen molar-refractivity contribution in [1.82, 2.24) is 19.5 Å². The first-order valence-corrected chi connectivity index (χ1v) is 8.41. The molecule has 124 valence electrons. The van der Waals surface area contributed by atoms with Gasteiger partial charge < -0.3 is 9.88 Å². The number of hydrogen-bond donors (Lipinski definition) is 1. The topological polar surface area (TPSA) is 55.6 Å². The molecule has 0 fully saturated rings. The molecule has 0 unspecified atom stereocenters. The summed E-state index contributed by atoms with van der Waals surface area (Å²) in [6, 6.07) is 16.4. The minimum absolute atomic E-state index is 0.659. The monoisotopic (exact) mass is 329 g/mol. The Morgan fingerprint density at radius 2 is 1.80 bits per heavy atom. The number of anilines is 1. The van der Waals surface area contributed by atoms with E-state index in [4.69, 9.17) is 0 Å². The minimum atomic E-state index is 0.659. The first-order chi connectivity index (χ1) is 12.4. The van der Waals surface area contributed by atoms with Gasteiger partial charge in [-0.15, -0.1) is 0 Å². The Kier molecular flexibility index (Phi) is 4.37. The third-order valence-electron chi connectivity index (χ3n) is 4.17. The van der Waals surface area contributed by atoms with E-state index < -0.39 is 0 Å². The molecule has 3 aromatic heterocycles. The molecule has 3 heterocycles. The lowest BCUT2D eigenvalue weighted by Gasteiger charge is -2.08. The molecule has 0 aliphatic heterocycles. The van der Waals surface area contributed by atoms with E-state index in [1.54, 1.807) is 18.6 Å². The summed E-state index contributed by atoms with van der Waals surface area (Å²) in [7, 11) is 0. The molecule has 0 amide bonds. The number of pyridine rings is 1. The van der Waals surface area contributed by atoms with E-state index in [2.05, 4.69) is 61.4 Å². The van der Waals surface area contributed by atoms with Crippen molar-refractivity contribution in [3.63, 3.8) is 0 Å². The molecule has 0 bridgehead atoms. The lowest BCUT2D eigenvalue weighted by molar-refractivity contribution is 0.681. The zero-order chi connectivity index (χ0) is 16.9. The number of nitrogens with zero attached hydrogens (tertiary/aromatic N) is 4. The van der Waals surface area contributed by atoms with Crippen molar-refractivity contribution in [2.75, 3.05) is 11.9 Å². The number of aromatic nitrogens is 4. The van der Waals surface area contributed by atoms with Crippen LogP contribution in [0.1, 0.15) is 6.42 Å². The molecule has 0 atom stereocenters. The minimum Gasteiger partial charge on any atom is -0.354 e. The van der Waals surface area contributed by atoms with Crippen LogP contribution < -0.4 is 5.32 Å². The molecule has 4 aromatic rings. The number of fused-ring (bicyclic) bond motifs is 1. The first-order valence-electron chi connectivity index (χ1n) is 8.41. The number of para-hydroxylation sites is 1. The molecule has 0 spiro atoms. The van der Waals surface area contributed by atoms with Gasteiger partial charge in [-0.05, 0) is 42.1 Å². The van der Waals surface area contributed by atoms with Gasteiger partial charge in [0.15, 0.2) is 0 Å². The Morgan fingerprint density at radius 1 is 0.920 bits per heavy atom. The van der Waals surface area contributed by atoms with Gasteiger partial charge in [0, 0.05) is 49.0 Å². The van der Waals surface area contributed by atoms with Gasteiger partial charge in [0.1, 0.15) is 0 Å². The largest absolute Gasteiger partial charge is 0.354 e. The summed E-state index contributed by atoms with van der Waals surface area (Å²) >= 11 is 0. The van der Waals surface area contributed by atoms with E-state index in [0.717, 1.165) is 30.8 Å². The van der Waals surface area contributed by atoms with Crippen LogP contribution in [0.5, 0.6) is 0 Å². The quantitative estimate of drug-likeness (QED) is 0.543. The summed E-state index contributed by atoms with van der Waals surface area (Å²) in [4.78, 5) is 12.9. The summed E-state index contributed by atoms with van der Waals surface area (Å²) < 4.78 is 2.28. The molecular formula is C20H19N5. The Balaban J connectivity index is 1.36. The third-order valence-corrected chi connectivity index (χ3v) is 4.17. The number of hydrogen-bond acceptors (Lipinski definition) is 4. The third kappa shape index (κ3) is 3.50. The standard InChI is InChI=1S/C20H19N5/c1-2-5-19-17(4-1)9-15-25(19)14-3-10-22-20-23-13-8-18(24-20)16-6-11-21-12-7-16/h1-2,4-9,11-13,15H,3,10,14H2,(H,22,23,24). The summed E-state index contributed by atoms with van der Waals surface area (Å²) in [5.74, 6) is 0.659. The molecule has 1 aromatic carbocycles. The zero-order valence-electron chi connectivity index (χ0n) is 13.8. The summed E-state index contributed by atoms with van der Waals surface area (Å²) in [6.45, 7) is 1.79. The van der Waals surface area contributed by atoms with Crippen LogP contribution in [0, 0.1) is 0 Å². The second-order valence-corrected chi connectivity index (χ2v) is 5.85. The van der Waals surface area contributed by atoms with E-state index in [0.29, 0.717) is 5.95 Å². The summed E-state index contributed by atoms with van der Waals surface area (Å²) in [6.07, 6.45) is 8.47. The summed E-state index contributed by atoms with van der Waals surface area (Å²) in [5.41, 5.74) is 3.22. The normalized spacial score (nSPS) is 10.9. The van der Waals surface area contributed by atoms with E-state index in [9.17, 15) is 0 Å². The molecular weight excluding hydrogens is 310 g/mol. The lowest BCUT2D eigenvalue weighted by atomic mass is 10.2. The smallest absolute Gasteiger partial charge is 0.223 e. The van der Waals surface area contributed by atoms with Gasteiger partial charge in [0.2, 0.25) is 5.95 Å². The van der Waals surface area contributed by atoms with E-state index in [-0.39, 0.29) is 0 Å². The molecule has 0 aliphatic carbocycles. The molecule has 5 nitrogen and oxygen atoms in total. The molecule has 4 rings (SSSR count). The maximum atomic E-state index is 4.57. The Morgan fingerprint density at radius 3 is 2.72 bits per heavy atom. The SMILES string of the molecule is c1ccc2c(c1)ccn2CCCNc1nccc(-c2ccncc2)n1. The van der Waals surface area contributed by atoms with Crippen molar-refractivity contribution in [3.8, 4) is 11.3 Å². The first kappa shape index (κ1) is 15.3. The fourth-order valence-electron chi connectivity index (χ4n) is 2.91. The maximum Gasteiger partial charge on any atom is 0.223 e. The van der Waals surface area contributed by atoms with Crippen molar-refractivity contribution in [3.05, 3.63) is 73.3 Å². The maximum absolute atomic E-state index is 4.57. The van der Waals surface area contributed by atoms with Gasteiger partial charge in [0.25, 0.3) is 0 Å². The van der Waals surface area contributed by atoms with Gasteiger partial charge in [-0.1, -0.05) is 18.2 Å². The molecule has 0 saturated heterocycles. The Bertz CT molecular complexity index is 962. The van der Waals surface area contributed by atoms with E-state index in [1.165, 1.54) is 10.9 Å². The highest BCUT2D eigenvalue weighted by atomic mass is 15.1. The van der Waals surface area contributed by atoms with Crippen LogP contribution >= 0.6 is 0 Å². The van der Waals surface area contributed by atoms with Crippen LogP contribution in [-0.2, 0) is 6.54 Å². The predicted molar refractivity (Wildman–Crippen MR) is 100 cm³/mol. The van der Waals surface area contributed by atoms with Crippen molar-refractivity contribution in [2.45, 2.75) is 13.0 Å². The highest BCUT2D eigenvalue weighted by Gasteiger charge is 2.02. The lowest BCUT2D eigenvalue weighted by Crippen LogP contribution is -2.08. The van der Waals surface area contributed by atoms with Crippen LogP contribution in [0.2, 0.25) is 0 Å². The van der Waals surface area contributed by atoms with Gasteiger partial charge in [-0.25, -0.2) is 9.97 Å². The van der Waals surface area contributed by atoms with Crippen molar-refractivity contribution in [1.29, 1.82) is 0 Å². The molecule has 0 saturated carbocycles. The fourth-order valence-corrected chi connectivity index (χ4v) is 2.91. The van der Waals surface area contributed by atoms with Crippen LogP contribution in [-0.4, -0.2) is 26.1 Å². The van der Waals surface area contributed by atoms with Crippen LogP contribution in [0.4, 0.5) is 5.95 Å². The van der Waals surface area contributed by atoms with Gasteiger partial charge >= 0.3 is 0 Å². The van der Waals surface area contributed by atoms with Gasteiger partial charge in [-0.2, -0.15) is 0 Å². The zero-order valence-corrected chi connectivity index (χ0v) is 13.8. The summed E-state index contributed by atoms with van der Waals surface area (Å²) in [5, 5.41) is 4.60.